The summed E-state index contributed by atoms with van der Waals surface area (Å²) in [6, 6.07) is 5.04. The number of morpholine rings is 1. The van der Waals surface area contributed by atoms with Crippen LogP contribution in [0.15, 0.2) is 28.8 Å². The Morgan fingerprint density at radius 1 is 1.09 bits per heavy atom. The lowest BCUT2D eigenvalue weighted by Crippen LogP contribution is -2.52. The summed E-state index contributed by atoms with van der Waals surface area (Å²) in [4.78, 5) is 21.4. The average molecular weight is 497 g/mol. The highest BCUT2D eigenvalue weighted by atomic mass is 19.4. The molecule has 2 aliphatic heterocycles. The van der Waals surface area contributed by atoms with Crippen LogP contribution in [-0.4, -0.2) is 72.0 Å². The average Bonchev–Trinajstić information content (AvgIpc) is 3.35. The standard InChI is InChI=1S/C24H31F3N4O4/c1-4-34-23(2,3)21-28-20(29-35-21)18-13-17(16-5-7-19(8-6-16)24(25,26)27)14-31(15-18)22(32)30-9-11-33-12-10-30/h5-8,17-18H,4,9-15H2,1-3H3. The Hall–Kier alpha value is -2.66. The van der Waals surface area contributed by atoms with Gasteiger partial charge in [0.05, 0.1) is 18.8 Å². The number of benzene rings is 1. The van der Waals surface area contributed by atoms with Crippen molar-refractivity contribution in [1.29, 1.82) is 0 Å². The lowest BCUT2D eigenvalue weighted by Gasteiger charge is -2.40. The second-order valence-electron chi connectivity index (χ2n) is 9.44. The van der Waals surface area contributed by atoms with Crippen molar-refractivity contribution < 1.29 is 32.0 Å². The summed E-state index contributed by atoms with van der Waals surface area (Å²) in [7, 11) is 0. The minimum absolute atomic E-state index is 0.117. The van der Waals surface area contributed by atoms with Gasteiger partial charge in [-0.3, -0.25) is 0 Å². The molecule has 192 valence electrons. The van der Waals surface area contributed by atoms with Gasteiger partial charge in [0.2, 0.25) is 0 Å². The molecule has 0 saturated carbocycles. The van der Waals surface area contributed by atoms with Crippen molar-refractivity contribution in [2.45, 2.75) is 50.8 Å². The molecular weight excluding hydrogens is 465 g/mol. The van der Waals surface area contributed by atoms with Crippen LogP contribution in [-0.2, 0) is 21.3 Å². The zero-order valence-electron chi connectivity index (χ0n) is 20.2. The van der Waals surface area contributed by atoms with Gasteiger partial charge in [-0.25, -0.2) is 4.79 Å². The number of nitrogens with zero attached hydrogens (tertiary/aromatic N) is 4. The number of hydrogen-bond acceptors (Lipinski definition) is 6. The van der Waals surface area contributed by atoms with Gasteiger partial charge >= 0.3 is 12.2 Å². The molecule has 2 unspecified atom stereocenters. The molecule has 0 bridgehead atoms. The largest absolute Gasteiger partial charge is 0.416 e. The molecular formula is C24H31F3N4O4. The first-order valence-corrected chi connectivity index (χ1v) is 11.8. The molecule has 4 rings (SSSR count). The molecule has 2 amide bonds. The Morgan fingerprint density at radius 2 is 1.74 bits per heavy atom. The van der Waals surface area contributed by atoms with Crippen molar-refractivity contribution in [3.05, 3.63) is 47.1 Å². The molecule has 0 N–H and O–H groups in total. The van der Waals surface area contributed by atoms with Crippen molar-refractivity contribution in [1.82, 2.24) is 19.9 Å². The number of likely N-dealkylation sites (tertiary alicyclic amines) is 1. The minimum Gasteiger partial charge on any atom is -0.378 e. The topological polar surface area (TPSA) is 80.9 Å². The van der Waals surface area contributed by atoms with E-state index in [4.69, 9.17) is 14.0 Å². The number of amides is 2. The Balaban J connectivity index is 1.60. The Kier molecular flexibility index (Phi) is 7.37. The van der Waals surface area contributed by atoms with Gasteiger partial charge in [0.1, 0.15) is 5.60 Å². The molecule has 0 spiro atoms. The molecule has 1 aromatic heterocycles. The van der Waals surface area contributed by atoms with Crippen LogP contribution < -0.4 is 0 Å². The molecule has 2 atom stereocenters. The fourth-order valence-corrected chi connectivity index (χ4v) is 4.65. The number of rotatable bonds is 5. The Morgan fingerprint density at radius 3 is 2.37 bits per heavy atom. The van der Waals surface area contributed by atoms with E-state index < -0.39 is 17.3 Å². The fraction of sp³-hybridized carbons (Fsp3) is 0.625. The second kappa shape index (κ2) is 10.1. The van der Waals surface area contributed by atoms with E-state index in [1.807, 2.05) is 20.8 Å². The van der Waals surface area contributed by atoms with E-state index in [0.29, 0.717) is 64.1 Å². The van der Waals surface area contributed by atoms with E-state index in [-0.39, 0.29) is 17.9 Å². The summed E-state index contributed by atoms with van der Waals surface area (Å²) in [5.74, 6) is 0.389. The maximum Gasteiger partial charge on any atom is 0.416 e. The second-order valence-corrected chi connectivity index (χ2v) is 9.44. The summed E-state index contributed by atoms with van der Waals surface area (Å²) in [5.41, 5.74) is -0.721. The van der Waals surface area contributed by atoms with Crippen molar-refractivity contribution in [3.63, 3.8) is 0 Å². The van der Waals surface area contributed by atoms with Crippen molar-refractivity contribution in [2.75, 3.05) is 46.0 Å². The first kappa shape index (κ1) is 25.4. The number of alkyl halides is 3. The van der Waals surface area contributed by atoms with Crippen molar-refractivity contribution in [3.8, 4) is 0 Å². The highest BCUT2D eigenvalue weighted by Gasteiger charge is 2.38. The quantitative estimate of drug-likeness (QED) is 0.611. The molecule has 2 aromatic rings. The number of carbonyl (C=O) groups excluding carboxylic acids is 1. The van der Waals surface area contributed by atoms with Gasteiger partial charge in [-0.05, 0) is 44.9 Å². The Bertz CT molecular complexity index is 1000. The van der Waals surface area contributed by atoms with Crippen molar-refractivity contribution in [2.24, 2.45) is 0 Å². The fourth-order valence-electron chi connectivity index (χ4n) is 4.65. The van der Waals surface area contributed by atoms with Gasteiger partial charge < -0.3 is 23.8 Å². The molecule has 35 heavy (non-hydrogen) atoms. The number of piperidine rings is 1. The van der Waals surface area contributed by atoms with Gasteiger partial charge in [0, 0.05) is 44.6 Å². The third kappa shape index (κ3) is 5.78. The van der Waals surface area contributed by atoms with Crippen LogP contribution in [0.5, 0.6) is 0 Å². The number of ether oxygens (including phenoxy) is 2. The number of halogens is 3. The molecule has 8 nitrogen and oxygen atoms in total. The predicted octanol–water partition coefficient (Wildman–Crippen LogP) is 4.39. The van der Waals surface area contributed by atoms with Gasteiger partial charge in [-0.15, -0.1) is 0 Å². The SMILES string of the molecule is CCOC(C)(C)c1nc(C2CC(c3ccc(C(F)(F)F)cc3)CN(C(=O)N3CCOCC3)C2)no1. The maximum absolute atomic E-state index is 13.3. The molecule has 3 heterocycles. The maximum atomic E-state index is 13.3. The van der Waals surface area contributed by atoms with Gasteiger partial charge in [0.15, 0.2) is 5.82 Å². The first-order valence-electron chi connectivity index (χ1n) is 11.8. The predicted molar refractivity (Wildman–Crippen MR) is 120 cm³/mol. The van der Waals surface area contributed by atoms with E-state index in [0.717, 1.165) is 17.7 Å². The van der Waals surface area contributed by atoms with Crippen LogP contribution in [0.2, 0.25) is 0 Å². The number of hydrogen-bond donors (Lipinski definition) is 0. The normalized spacial score (nSPS) is 21.9. The van der Waals surface area contributed by atoms with E-state index in [2.05, 4.69) is 10.1 Å². The van der Waals surface area contributed by atoms with Crippen LogP contribution >= 0.6 is 0 Å². The van der Waals surface area contributed by atoms with Gasteiger partial charge in [0.25, 0.3) is 5.89 Å². The number of urea groups is 1. The van der Waals surface area contributed by atoms with Gasteiger partial charge in [-0.2, -0.15) is 18.2 Å². The zero-order valence-corrected chi connectivity index (χ0v) is 20.2. The summed E-state index contributed by atoms with van der Waals surface area (Å²) in [6.07, 6.45) is -3.83. The smallest absolute Gasteiger partial charge is 0.378 e. The van der Waals surface area contributed by atoms with Crippen LogP contribution in [0, 0.1) is 0 Å². The monoisotopic (exact) mass is 496 g/mol. The van der Waals surface area contributed by atoms with Crippen LogP contribution in [0.4, 0.5) is 18.0 Å². The Labute approximate surface area is 202 Å². The first-order chi connectivity index (χ1) is 16.6. The summed E-state index contributed by atoms with van der Waals surface area (Å²) in [6.45, 7) is 8.78. The molecule has 0 radical (unpaired) electrons. The number of aromatic nitrogens is 2. The minimum atomic E-state index is -4.40. The van der Waals surface area contributed by atoms with E-state index in [9.17, 15) is 18.0 Å². The number of carbonyl (C=O) groups is 1. The third-order valence-electron chi connectivity index (χ3n) is 6.54. The highest BCUT2D eigenvalue weighted by molar-refractivity contribution is 5.75. The zero-order chi connectivity index (χ0) is 25.2. The van der Waals surface area contributed by atoms with E-state index in [1.165, 1.54) is 12.1 Å². The van der Waals surface area contributed by atoms with Crippen LogP contribution in [0.1, 0.15) is 61.9 Å². The molecule has 11 heteroatoms. The van der Waals surface area contributed by atoms with E-state index in [1.54, 1.807) is 9.80 Å². The van der Waals surface area contributed by atoms with Crippen LogP contribution in [0.25, 0.3) is 0 Å². The lowest BCUT2D eigenvalue weighted by atomic mass is 9.84. The molecule has 2 fully saturated rings. The summed E-state index contributed by atoms with van der Waals surface area (Å²) in [5, 5.41) is 4.18. The van der Waals surface area contributed by atoms with Crippen molar-refractivity contribution >= 4 is 6.03 Å². The third-order valence-corrected chi connectivity index (χ3v) is 6.54. The highest BCUT2D eigenvalue weighted by Crippen LogP contribution is 2.37. The lowest BCUT2D eigenvalue weighted by molar-refractivity contribution is -0.137. The molecule has 1 aromatic carbocycles. The van der Waals surface area contributed by atoms with E-state index >= 15 is 0 Å². The summed E-state index contributed by atoms with van der Waals surface area (Å²) < 4.78 is 55.8. The van der Waals surface area contributed by atoms with Gasteiger partial charge in [-0.1, -0.05) is 17.3 Å². The molecule has 2 aliphatic rings. The molecule has 2 saturated heterocycles. The van der Waals surface area contributed by atoms with Crippen LogP contribution in [0.3, 0.4) is 0 Å². The molecule has 0 aliphatic carbocycles. The summed E-state index contributed by atoms with van der Waals surface area (Å²) >= 11 is 0.